The summed E-state index contributed by atoms with van der Waals surface area (Å²) in [5.41, 5.74) is 0.722. The van der Waals surface area contributed by atoms with Crippen LogP contribution in [0.25, 0.3) is 0 Å². The Bertz CT molecular complexity index is 64.7. The molecule has 1 aliphatic carbocycles. The van der Waals surface area contributed by atoms with E-state index >= 15 is 0 Å². The Kier molecular flexibility index (Phi) is 0.571. The van der Waals surface area contributed by atoms with Crippen molar-refractivity contribution in [3.8, 4) is 0 Å². The maximum absolute atomic E-state index is 5.08. The molecule has 0 radical (unpaired) electrons. The third-order valence-electron chi connectivity index (χ3n) is 2.23. The fourth-order valence-electron chi connectivity index (χ4n) is 1.36. The van der Waals surface area contributed by atoms with Gasteiger partial charge in [0.1, 0.15) is 0 Å². The summed E-state index contributed by atoms with van der Waals surface area (Å²) in [4.78, 5) is 0. The second kappa shape index (κ2) is 1.03. The Balaban J connectivity index is 2.00. The summed E-state index contributed by atoms with van der Waals surface area (Å²) in [7, 11) is 0. The van der Waals surface area contributed by atoms with Gasteiger partial charge in [-0.1, -0.05) is 6.42 Å². The number of ether oxygens (including phenoxy) is 1. The highest BCUT2D eigenvalue weighted by molar-refractivity contribution is 4.92. The van der Waals surface area contributed by atoms with Crippen LogP contribution in [0, 0.1) is 5.41 Å². The van der Waals surface area contributed by atoms with Gasteiger partial charge in [0.2, 0.25) is 0 Å². The van der Waals surface area contributed by atoms with Crippen LogP contribution in [0.1, 0.15) is 19.3 Å². The normalized spacial score (nSPS) is 34.3. The molecule has 1 spiro atoms. The van der Waals surface area contributed by atoms with Crippen LogP contribution in [0.4, 0.5) is 0 Å². The molecule has 0 atom stereocenters. The number of hydrogen-bond acceptors (Lipinski definition) is 1. The second-order valence-corrected chi connectivity index (χ2v) is 2.85. The molecule has 1 saturated heterocycles. The summed E-state index contributed by atoms with van der Waals surface area (Å²) in [6, 6.07) is 0. The summed E-state index contributed by atoms with van der Waals surface area (Å²) >= 11 is 0. The van der Waals surface area contributed by atoms with Gasteiger partial charge in [0.05, 0.1) is 13.2 Å². The molecule has 2 rings (SSSR count). The lowest BCUT2D eigenvalue weighted by Gasteiger charge is -2.48. The van der Waals surface area contributed by atoms with Gasteiger partial charge in [0.15, 0.2) is 0 Å². The van der Waals surface area contributed by atoms with Crippen molar-refractivity contribution >= 4 is 0 Å². The van der Waals surface area contributed by atoms with Gasteiger partial charge in [0.25, 0.3) is 0 Å². The zero-order valence-corrected chi connectivity index (χ0v) is 4.44. The second-order valence-electron chi connectivity index (χ2n) is 2.85. The predicted octanol–water partition coefficient (Wildman–Crippen LogP) is 1.19. The average molecular weight is 98.1 g/mol. The molecule has 0 aromatic rings. The molecule has 0 aromatic carbocycles. The Labute approximate surface area is 43.7 Å². The van der Waals surface area contributed by atoms with E-state index < -0.39 is 0 Å². The molecule has 40 valence electrons. The minimum atomic E-state index is 0.722. The molecule has 2 aliphatic rings. The van der Waals surface area contributed by atoms with Gasteiger partial charge in [-0.3, -0.25) is 0 Å². The van der Waals surface area contributed by atoms with E-state index in [1.54, 1.807) is 0 Å². The van der Waals surface area contributed by atoms with Crippen molar-refractivity contribution < 1.29 is 4.74 Å². The molecule has 2 fully saturated rings. The van der Waals surface area contributed by atoms with Gasteiger partial charge < -0.3 is 4.74 Å². The summed E-state index contributed by atoms with van der Waals surface area (Å²) in [5.74, 6) is 0. The highest BCUT2D eigenvalue weighted by atomic mass is 16.5. The zero-order valence-electron chi connectivity index (χ0n) is 4.44. The lowest BCUT2D eigenvalue weighted by Crippen LogP contribution is -2.47. The van der Waals surface area contributed by atoms with Gasteiger partial charge in [-0.25, -0.2) is 0 Å². The van der Waals surface area contributed by atoms with Crippen molar-refractivity contribution in [1.82, 2.24) is 0 Å². The SMILES string of the molecule is C1CC2(C1)COC2. The van der Waals surface area contributed by atoms with Crippen LogP contribution in [0.2, 0.25) is 0 Å². The Hall–Kier alpha value is -0.0400. The molecule has 0 N–H and O–H groups in total. The van der Waals surface area contributed by atoms with Crippen LogP contribution in [0.15, 0.2) is 0 Å². The Morgan fingerprint density at radius 1 is 1.14 bits per heavy atom. The minimum absolute atomic E-state index is 0.722. The van der Waals surface area contributed by atoms with Crippen molar-refractivity contribution in [2.75, 3.05) is 13.2 Å². The Morgan fingerprint density at radius 3 is 1.86 bits per heavy atom. The molecule has 0 bridgehead atoms. The summed E-state index contributed by atoms with van der Waals surface area (Å²) in [6.45, 7) is 2.12. The molecule has 1 aliphatic heterocycles. The fourth-order valence-corrected chi connectivity index (χ4v) is 1.36. The molecule has 0 aromatic heterocycles. The van der Waals surface area contributed by atoms with E-state index in [-0.39, 0.29) is 0 Å². The quantitative estimate of drug-likeness (QED) is 0.442. The van der Waals surface area contributed by atoms with Gasteiger partial charge in [-0.2, -0.15) is 0 Å². The smallest absolute Gasteiger partial charge is 0.0544 e. The van der Waals surface area contributed by atoms with Crippen LogP contribution in [-0.4, -0.2) is 13.2 Å². The molecular weight excluding hydrogens is 88.1 g/mol. The van der Waals surface area contributed by atoms with Gasteiger partial charge in [-0.05, 0) is 12.8 Å². The van der Waals surface area contributed by atoms with E-state index in [2.05, 4.69) is 0 Å². The van der Waals surface area contributed by atoms with Crippen molar-refractivity contribution in [3.63, 3.8) is 0 Å². The molecule has 0 amide bonds. The molecule has 0 unspecified atom stereocenters. The highest BCUT2D eigenvalue weighted by Gasteiger charge is 2.43. The van der Waals surface area contributed by atoms with Gasteiger partial charge >= 0.3 is 0 Å². The summed E-state index contributed by atoms with van der Waals surface area (Å²) < 4.78 is 5.08. The molecule has 1 heterocycles. The maximum atomic E-state index is 5.08. The lowest BCUT2D eigenvalue weighted by atomic mass is 9.67. The lowest BCUT2D eigenvalue weighted by molar-refractivity contribution is -0.155. The third kappa shape index (κ3) is 0.367. The third-order valence-corrected chi connectivity index (χ3v) is 2.23. The van der Waals surface area contributed by atoms with E-state index in [1.165, 1.54) is 19.3 Å². The van der Waals surface area contributed by atoms with Gasteiger partial charge in [0, 0.05) is 5.41 Å². The monoisotopic (exact) mass is 98.1 g/mol. The number of rotatable bonds is 0. The van der Waals surface area contributed by atoms with Crippen LogP contribution in [-0.2, 0) is 4.74 Å². The van der Waals surface area contributed by atoms with Crippen molar-refractivity contribution in [3.05, 3.63) is 0 Å². The van der Waals surface area contributed by atoms with E-state index in [9.17, 15) is 0 Å². The minimum Gasteiger partial charge on any atom is -0.380 e. The van der Waals surface area contributed by atoms with Crippen molar-refractivity contribution in [2.24, 2.45) is 5.41 Å². The molecule has 7 heavy (non-hydrogen) atoms. The first-order valence-corrected chi connectivity index (χ1v) is 2.99. The first-order valence-electron chi connectivity index (χ1n) is 2.99. The van der Waals surface area contributed by atoms with Crippen LogP contribution >= 0.6 is 0 Å². The molecule has 1 heteroatoms. The zero-order chi connectivity index (χ0) is 4.74. The van der Waals surface area contributed by atoms with E-state index in [0.717, 1.165) is 18.6 Å². The van der Waals surface area contributed by atoms with Gasteiger partial charge in [-0.15, -0.1) is 0 Å². The summed E-state index contributed by atoms with van der Waals surface area (Å²) in [5, 5.41) is 0. The molecular formula is C6H10O. The van der Waals surface area contributed by atoms with Crippen LogP contribution in [0.5, 0.6) is 0 Å². The van der Waals surface area contributed by atoms with Crippen molar-refractivity contribution in [1.29, 1.82) is 0 Å². The molecule has 1 saturated carbocycles. The first-order chi connectivity index (χ1) is 3.41. The van der Waals surface area contributed by atoms with E-state index in [4.69, 9.17) is 4.74 Å². The topological polar surface area (TPSA) is 9.23 Å². The standard InChI is InChI=1S/C6H10O/c1-2-6(3-1)4-7-5-6/h1-5H2. The first kappa shape index (κ1) is 3.90. The fraction of sp³-hybridized carbons (Fsp3) is 1.00. The molecule has 1 nitrogen and oxygen atoms in total. The maximum Gasteiger partial charge on any atom is 0.0544 e. The summed E-state index contributed by atoms with van der Waals surface area (Å²) in [6.07, 6.45) is 4.32. The van der Waals surface area contributed by atoms with Crippen LogP contribution < -0.4 is 0 Å². The van der Waals surface area contributed by atoms with E-state index in [1.807, 2.05) is 0 Å². The van der Waals surface area contributed by atoms with Crippen LogP contribution in [0.3, 0.4) is 0 Å². The highest BCUT2D eigenvalue weighted by Crippen LogP contribution is 2.46. The number of hydrogen-bond donors (Lipinski definition) is 0. The van der Waals surface area contributed by atoms with E-state index in [0.29, 0.717) is 0 Å². The largest absolute Gasteiger partial charge is 0.380 e. The Morgan fingerprint density at radius 2 is 1.86 bits per heavy atom. The predicted molar refractivity (Wildman–Crippen MR) is 27.1 cm³/mol. The van der Waals surface area contributed by atoms with Crippen molar-refractivity contribution in [2.45, 2.75) is 19.3 Å². The average Bonchev–Trinajstić information content (AvgIpc) is 1.20.